The van der Waals surface area contributed by atoms with Crippen molar-refractivity contribution >= 4 is 49.8 Å². The molecule has 12 rings (SSSR count). The average Bonchev–Trinajstić information content (AvgIpc) is 3.98. The number of furan rings is 1. The molecular formula is C52H37N3O. The third-order valence-corrected chi connectivity index (χ3v) is 12.4. The van der Waals surface area contributed by atoms with Gasteiger partial charge in [0, 0.05) is 38.2 Å². The summed E-state index contributed by atoms with van der Waals surface area (Å²) in [4.78, 5) is 5.19. The van der Waals surface area contributed by atoms with Crippen molar-refractivity contribution < 1.29 is 4.42 Å². The van der Waals surface area contributed by atoms with Crippen LogP contribution in [0.2, 0.25) is 0 Å². The summed E-state index contributed by atoms with van der Waals surface area (Å²) in [7, 11) is 0. The SMILES string of the molecule is CC1(C)c2ccccc2-c2cc3c4ccccc4n(-c4cccc5c4oc4cccc(-c6ccc(-c7nc8c(n7-c7ccccc7)C=CCC8)cc6)c45)c3cc21. The van der Waals surface area contributed by atoms with Crippen molar-refractivity contribution in [2.24, 2.45) is 0 Å². The van der Waals surface area contributed by atoms with E-state index >= 15 is 0 Å². The van der Waals surface area contributed by atoms with E-state index in [2.05, 4.69) is 187 Å². The first-order valence-corrected chi connectivity index (χ1v) is 19.6. The molecular weight excluding hydrogens is 683 g/mol. The van der Waals surface area contributed by atoms with Crippen LogP contribution in [0.25, 0.3) is 94.8 Å². The van der Waals surface area contributed by atoms with E-state index < -0.39 is 0 Å². The maximum absolute atomic E-state index is 6.92. The number of hydrogen-bond acceptors (Lipinski definition) is 2. The minimum absolute atomic E-state index is 0.103. The molecule has 0 N–H and O–H groups in total. The molecule has 3 heterocycles. The Bertz CT molecular complexity index is 3260. The molecule has 0 unspecified atom stereocenters. The van der Waals surface area contributed by atoms with E-state index in [1.54, 1.807) is 0 Å². The maximum Gasteiger partial charge on any atom is 0.159 e. The molecule has 2 aliphatic rings. The minimum Gasteiger partial charge on any atom is -0.454 e. The van der Waals surface area contributed by atoms with Crippen LogP contribution in [0.3, 0.4) is 0 Å². The van der Waals surface area contributed by atoms with E-state index in [1.165, 1.54) is 49.8 Å². The molecule has 3 aromatic heterocycles. The number of aromatic nitrogens is 3. The van der Waals surface area contributed by atoms with Crippen LogP contribution in [0, 0.1) is 0 Å². The van der Waals surface area contributed by atoms with Crippen LogP contribution in [-0.2, 0) is 11.8 Å². The van der Waals surface area contributed by atoms with Crippen LogP contribution in [-0.4, -0.2) is 14.1 Å². The van der Waals surface area contributed by atoms with E-state index in [4.69, 9.17) is 9.40 Å². The molecule has 0 atom stereocenters. The summed E-state index contributed by atoms with van der Waals surface area (Å²) >= 11 is 0. The van der Waals surface area contributed by atoms with Crippen LogP contribution < -0.4 is 0 Å². The summed E-state index contributed by atoms with van der Waals surface area (Å²) in [5, 5.41) is 4.73. The van der Waals surface area contributed by atoms with Gasteiger partial charge >= 0.3 is 0 Å². The second kappa shape index (κ2) is 11.5. The molecule has 0 aliphatic heterocycles. The van der Waals surface area contributed by atoms with Crippen molar-refractivity contribution in [2.75, 3.05) is 0 Å². The molecule has 0 saturated carbocycles. The van der Waals surface area contributed by atoms with Crippen molar-refractivity contribution in [1.82, 2.24) is 14.1 Å². The van der Waals surface area contributed by atoms with Gasteiger partial charge in [0.05, 0.1) is 28.1 Å². The van der Waals surface area contributed by atoms with Crippen molar-refractivity contribution in [3.8, 4) is 45.0 Å². The molecule has 4 nitrogen and oxygen atoms in total. The topological polar surface area (TPSA) is 35.9 Å². The zero-order chi connectivity index (χ0) is 37.1. The summed E-state index contributed by atoms with van der Waals surface area (Å²) in [6.45, 7) is 4.71. The van der Waals surface area contributed by atoms with Gasteiger partial charge in [-0.15, -0.1) is 0 Å². The highest BCUT2D eigenvalue weighted by Crippen LogP contribution is 2.51. The first-order valence-electron chi connectivity index (χ1n) is 19.6. The Kier molecular flexibility index (Phi) is 6.48. The lowest BCUT2D eigenvalue weighted by molar-refractivity contribution is 0.660. The van der Waals surface area contributed by atoms with Crippen molar-refractivity contribution in [2.45, 2.75) is 32.1 Å². The van der Waals surface area contributed by atoms with E-state index in [1.807, 2.05) is 0 Å². The minimum atomic E-state index is -0.103. The van der Waals surface area contributed by atoms with Crippen LogP contribution in [0.1, 0.15) is 42.8 Å². The van der Waals surface area contributed by atoms with Crippen molar-refractivity contribution in [1.29, 1.82) is 0 Å². The molecule has 266 valence electrons. The molecule has 10 aromatic rings. The molecule has 0 amide bonds. The van der Waals surface area contributed by atoms with Gasteiger partial charge in [0.15, 0.2) is 5.58 Å². The fourth-order valence-corrected chi connectivity index (χ4v) is 9.75. The summed E-state index contributed by atoms with van der Waals surface area (Å²) in [5.41, 5.74) is 17.3. The number of fused-ring (bicyclic) bond motifs is 10. The lowest BCUT2D eigenvalue weighted by Gasteiger charge is -2.21. The highest BCUT2D eigenvalue weighted by molar-refractivity contribution is 6.16. The highest BCUT2D eigenvalue weighted by Gasteiger charge is 2.36. The molecule has 0 radical (unpaired) electrons. The van der Waals surface area contributed by atoms with Gasteiger partial charge in [-0.2, -0.15) is 0 Å². The Balaban J connectivity index is 1.02. The number of allylic oxidation sites excluding steroid dienone is 1. The third-order valence-electron chi connectivity index (χ3n) is 12.4. The van der Waals surface area contributed by atoms with E-state index in [0.29, 0.717) is 0 Å². The number of aryl methyl sites for hydroxylation is 1. The van der Waals surface area contributed by atoms with E-state index in [-0.39, 0.29) is 5.41 Å². The Hall–Kier alpha value is -6.91. The maximum atomic E-state index is 6.92. The molecule has 0 fully saturated rings. The van der Waals surface area contributed by atoms with E-state index in [9.17, 15) is 0 Å². The van der Waals surface area contributed by atoms with Crippen LogP contribution in [0.15, 0.2) is 162 Å². The first kappa shape index (κ1) is 31.4. The smallest absolute Gasteiger partial charge is 0.159 e. The zero-order valence-corrected chi connectivity index (χ0v) is 31.3. The molecule has 0 saturated heterocycles. The van der Waals surface area contributed by atoms with E-state index in [0.717, 1.165) is 74.4 Å². The highest BCUT2D eigenvalue weighted by atomic mass is 16.3. The number of benzene rings is 7. The molecule has 0 bridgehead atoms. The second-order valence-corrected chi connectivity index (χ2v) is 15.8. The third kappa shape index (κ3) is 4.32. The normalized spacial score (nSPS) is 14.2. The fourth-order valence-electron chi connectivity index (χ4n) is 9.75. The van der Waals surface area contributed by atoms with Gasteiger partial charge in [0.25, 0.3) is 0 Å². The van der Waals surface area contributed by atoms with Gasteiger partial charge in [-0.25, -0.2) is 4.98 Å². The number of nitrogens with zero attached hydrogens (tertiary/aromatic N) is 3. The zero-order valence-electron chi connectivity index (χ0n) is 31.3. The predicted octanol–water partition coefficient (Wildman–Crippen LogP) is 13.5. The Labute approximate surface area is 324 Å². The van der Waals surface area contributed by atoms with Gasteiger partial charge in [-0.05, 0) is 94.8 Å². The van der Waals surface area contributed by atoms with Gasteiger partial charge in [-0.3, -0.25) is 4.57 Å². The van der Waals surface area contributed by atoms with Gasteiger partial charge < -0.3 is 8.98 Å². The molecule has 7 aromatic carbocycles. The molecule has 4 heteroatoms. The van der Waals surface area contributed by atoms with Crippen molar-refractivity contribution in [3.05, 3.63) is 180 Å². The lowest BCUT2D eigenvalue weighted by Crippen LogP contribution is -2.14. The quantitative estimate of drug-likeness (QED) is 0.182. The van der Waals surface area contributed by atoms with Crippen LogP contribution >= 0.6 is 0 Å². The van der Waals surface area contributed by atoms with Crippen molar-refractivity contribution in [3.63, 3.8) is 0 Å². The number of imidazole rings is 1. The van der Waals surface area contributed by atoms with Gasteiger partial charge in [-0.1, -0.05) is 129 Å². The summed E-state index contributed by atoms with van der Waals surface area (Å²) in [5.74, 6) is 0.972. The Morgan fingerprint density at radius 1 is 0.589 bits per heavy atom. The van der Waals surface area contributed by atoms with Gasteiger partial charge in [0.1, 0.15) is 11.4 Å². The lowest BCUT2D eigenvalue weighted by atomic mass is 9.82. The fraction of sp³-hybridized carbons (Fsp3) is 0.0962. The summed E-state index contributed by atoms with van der Waals surface area (Å²) in [6.07, 6.45) is 6.46. The molecule has 56 heavy (non-hydrogen) atoms. The number of para-hydroxylation sites is 3. The van der Waals surface area contributed by atoms with Crippen LogP contribution in [0.4, 0.5) is 0 Å². The number of rotatable bonds is 4. The average molecular weight is 720 g/mol. The predicted molar refractivity (Wildman–Crippen MR) is 231 cm³/mol. The Morgan fingerprint density at radius 3 is 2.23 bits per heavy atom. The molecule has 0 spiro atoms. The standard InChI is InChI=1S/C52H37N3O/c1-52(2)41-20-8-6-16-36(41)39-30-40-37-17-7-10-22-44(37)55(47(40)31-42(39)52)46-24-12-19-38-49-35(18-13-25-48(49)56-50(38)46)32-26-28-33(29-27-32)51-53-43-21-9-11-23-45(43)54(51)34-14-4-3-5-15-34/h3-8,10-20,22-31H,9,21H2,1-2H3. The van der Waals surface area contributed by atoms with Crippen LogP contribution in [0.5, 0.6) is 0 Å². The van der Waals surface area contributed by atoms with Gasteiger partial charge in [0.2, 0.25) is 0 Å². The molecule has 2 aliphatic carbocycles. The monoisotopic (exact) mass is 719 g/mol. The summed E-state index contributed by atoms with van der Waals surface area (Å²) < 4.78 is 11.6. The second-order valence-electron chi connectivity index (χ2n) is 15.8. The Morgan fingerprint density at radius 2 is 1.34 bits per heavy atom. The number of hydrogen-bond donors (Lipinski definition) is 0. The largest absolute Gasteiger partial charge is 0.454 e. The summed E-state index contributed by atoms with van der Waals surface area (Å²) in [6, 6.07) is 55.0. The first-order chi connectivity index (χ1) is 27.5.